The Morgan fingerprint density at radius 1 is 1.39 bits per heavy atom. The summed E-state index contributed by atoms with van der Waals surface area (Å²) in [6.07, 6.45) is 0.890. The van der Waals surface area contributed by atoms with Crippen molar-refractivity contribution in [1.82, 2.24) is 0 Å². The first-order valence-corrected chi connectivity index (χ1v) is 6.75. The van der Waals surface area contributed by atoms with Crippen LogP contribution in [0.5, 0.6) is 0 Å². The van der Waals surface area contributed by atoms with Gasteiger partial charge in [-0.1, -0.05) is 0 Å². The van der Waals surface area contributed by atoms with E-state index >= 15 is 0 Å². The summed E-state index contributed by atoms with van der Waals surface area (Å²) in [6, 6.07) is 2.96. The van der Waals surface area contributed by atoms with Gasteiger partial charge in [-0.3, -0.25) is 4.79 Å². The van der Waals surface area contributed by atoms with Gasteiger partial charge in [0.15, 0.2) is 9.84 Å². The number of amides is 1. The Balaban J connectivity index is 2.84. The zero-order chi connectivity index (χ0) is 13.9. The van der Waals surface area contributed by atoms with E-state index in [4.69, 9.17) is 5.11 Å². The smallest absolute Gasteiger partial charge is 0.338 e. The van der Waals surface area contributed by atoms with Crippen LogP contribution in [-0.2, 0) is 14.6 Å². The van der Waals surface area contributed by atoms with Gasteiger partial charge in [-0.2, -0.15) is 0 Å². The molecule has 0 radical (unpaired) electrons. The largest absolute Gasteiger partial charge is 0.478 e. The number of aromatic carboxylic acids is 1. The molecule has 0 heterocycles. The third-order valence-electron chi connectivity index (χ3n) is 1.88. The molecule has 0 bridgehead atoms. The lowest BCUT2D eigenvalue weighted by atomic mass is 10.2. The van der Waals surface area contributed by atoms with Gasteiger partial charge < -0.3 is 10.4 Å². The highest BCUT2D eigenvalue weighted by molar-refractivity contribution is 7.91. The van der Waals surface area contributed by atoms with Crippen LogP contribution in [0.3, 0.4) is 0 Å². The highest BCUT2D eigenvalue weighted by Gasteiger charge is 2.14. The average molecular weight is 275 g/mol. The second-order valence-electron chi connectivity index (χ2n) is 3.62. The van der Waals surface area contributed by atoms with E-state index in [-0.39, 0.29) is 5.69 Å². The quantitative estimate of drug-likeness (QED) is 0.833. The summed E-state index contributed by atoms with van der Waals surface area (Å²) in [6.45, 7) is 0. The molecule has 0 aliphatic rings. The molecule has 1 aromatic carbocycles. The molecule has 0 saturated carbocycles. The SMILES string of the molecule is CS(=O)(=O)CC(=O)Nc1ccc(C(=O)O)c(F)c1. The van der Waals surface area contributed by atoms with Crippen LogP contribution in [0.1, 0.15) is 10.4 Å². The van der Waals surface area contributed by atoms with Crippen LogP contribution in [0.15, 0.2) is 18.2 Å². The maximum atomic E-state index is 13.2. The number of carbonyl (C=O) groups excluding carboxylic acids is 1. The minimum atomic E-state index is -3.48. The molecule has 98 valence electrons. The number of rotatable bonds is 4. The summed E-state index contributed by atoms with van der Waals surface area (Å²) in [5.74, 6) is -3.99. The van der Waals surface area contributed by atoms with Crippen molar-refractivity contribution in [2.24, 2.45) is 0 Å². The summed E-state index contributed by atoms with van der Waals surface area (Å²) >= 11 is 0. The van der Waals surface area contributed by atoms with E-state index in [1.807, 2.05) is 0 Å². The number of carbonyl (C=O) groups is 2. The number of benzene rings is 1. The van der Waals surface area contributed by atoms with Gasteiger partial charge in [-0.25, -0.2) is 17.6 Å². The summed E-state index contributed by atoms with van der Waals surface area (Å²) in [7, 11) is -3.48. The van der Waals surface area contributed by atoms with E-state index in [9.17, 15) is 22.4 Å². The van der Waals surface area contributed by atoms with E-state index in [1.165, 1.54) is 6.07 Å². The number of nitrogens with one attached hydrogen (secondary N) is 1. The molecule has 0 aliphatic heterocycles. The Labute approximate surface area is 102 Å². The highest BCUT2D eigenvalue weighted by atomic mass is 32.2. The van der Waals surface area contributed by atoms with Gasteiger partial charge in [0.2, 0.25) is 5.91 Å². The minimum absolute atomic E-state index is 0.00819. The molecule has 18 heavy (non-hydrogen) atoms. The van der Waals surface area contributed by atoms with Crippen molar-refractivity contribution in [2.75, 3.05) is 17.3 Å². The van der Waals surface area contributed by atoms with E-state index in [1.54, 1.807) is 0 Å². The zero-order valence-corrected chi connectivity index (χ0v) is 10.1. The van der Waals surface area contributed by atoms with Crippen LogP contribution in [0.25, 0.3) is 0 Å². The molecule has 0 fully saturated rings. The van der Waals surface area contributed by atoms with Gasteiger partial charge in [0, 0.05) is 11.9 Å². The zero-order valence-electron chi connectivity index (χ0n) is 9.31. The van der Waals surface area contributed by atoms with E-state index in [2.05, 4.69) is 5.32 Å². The van der Waals surface area contributed by atoms with Crippen LogP contribution < -0.4 is 5.32 Å². The number of hydrogen-bond acceptors (Lipinski definition) is 4. The Morgan fingerprint density at radius 2 is 2.00 bits per heavy atom. The fraction of sp³-hybridized carbons (Fsp3) is 0.200. The number of halogens is 1. The van der Waals surface area contributed by atoms with Crippen LogP contribution >= 0.6 is 0 Å². The molecule has 0 aromatic heterocycles. The van der Waals surface area contributed by atoms with Gasteiger partial charge >= 0.3 is 5.97 Å². The number of carboxylic acids is 1. The highest BCUT2D eigenvalue weighted by Crippen LogP contribution is 2.14. The summed E-state index contributed by atoms with van der Waals surface area (Å²) < 4.78 is 34.9. The van der Waals surface area contributed by atoms with Gasteiger partial charge in [0.25, 0.3) is 0 Å². The van der Waals surface area contributed by atoms with Gasteiger partial charge in [-0.05, 0) is 18.2 Å². The molecule has 0 aliphatic carbocycles. The van der Waals surface area contributed by atoms with Crippen LogP contribution in [-0.4, -0.2) is 37.4 Å². The Morgan fingerprint density at radius 3 is 2.44 bits per heavy atom. The maximum Gasteiger partial charge on any atom is 0.338 e. The predicted octanol–water partition coefficient (Wildman–Crippen LogP) is 0.507. The second kappa shape index (κ2) is 5.13. The van der Waals surface area contributed by atoms with Crippen molar-refractivity contribution < 1.29 is 27.5 Å². The lowest BCUT2D eigenvalue weighted by molar-refractivity contribution is -0.113. The van der Waals surface area contributed by atoms with Crippen molar-refractivity contribution in [2.45, 2.75) is 0 Å². The van der Waals surface area contributed by atoms with E-state index < -0.39 is 38.8 Å². The van der Waals surface area contributed by atoms with Crippen molar-refractivity contribution in [1.29, 1.82) is 0 Å². The molecule has 6 nitrogen and oxygen atoms in total. The Kier molecular flexibility index (Phi) is 4.02. The van der Waals surface area contributed by atoms with Crippen molar-refractivity contribution in [3.8, 4) is 0 Å². The molecule has 0 unspecified atom stereocenters. The second-order valence-corrected chi connectivity index (χ2v) is 5.76. The van der Waals surface area contributed by atoms with Gasteiger partial charge in [0.1, 0.15) is 11.6 Å². The number of hydrogen-bond donors (Lipinski definition) is 2. The van der Waals surface area contributed by atoms with Crippen LogP contribution in [0.4, 0.5) is 10.1 Å². The topological polar surface area (TPSA) is 101 Å². The first-order valence-electron chi connectivity index (χ1n) is 4.69. The van der Waals surface area contributed by atoms with Crippen LogP contribution in [0.2, 0.25) is 0 Å². The number of carboxylic acid groups (broad SMARTS) is 1. The molecule has 1 rings (SSSR count). The van der Waals surface area contributed by atoms with Crippen molar-refractivity contribution in [3.05, 3.63) is 29.6 Å². The Hall–Kier alpha value is -1.96. The number of anilines is 1. The first kappa shape index (κ1) is 14.1. The minimum Gasteiger partial charge on any atom is -0.478 e. The lowest BCUT2D eigenvalue weighted by Gasteiger charge is -2.05. The van der Waals surface area contributed by atoms with E-state index in [0.29, 0.717) is 0 Å². The van der Waals surface area contributed by atoms with Crippen molar-refractivity contribution >= 4 is 27.4 Å². The fourth-order valence-corrected chi connectivity index (χ4v) is 1.75. The maximum absolute atomic E-state index is 13.2. The fourth-order valence-electron chi connectivity index (χ4n) is 1.20. The third kappa shape index (κ3) is 4.13. The lowest BCUT2D eigenvalue weighted by Crippen LogP contribution is -2.22. The van der Waals surface area contributed by atoms with Crippen LogP contribution in [0, 0.1) is 5.82 Å². The van der Waals surface area contributed by atoms with E-state index in [0.717, 1.165) is 18.4 Å². The molecular formula is C10H10FNO5S. The van der Waals surface area contributed by atoms with Gasteiger partial charge in [0.05, 0.1) is 5.56 Å². The van der Waals surface area contributed by atoms with Crippen molar-refractivity contribution in [3.63, 3.8) is 0 Å². The molecule has 8 heteroatoms. The van der Waals surface area contributed by atoms with Gasteiger partial charge in [-0.15, -0.1) is 0 Å². The average Bonchev–Trinajstić information content (AvgIpc) is 2.13. The number of sulfone groups is 1. The molecule has 0 saturated heterocycles. The molecule has 1 aromatic rings. The first-order chi connectivity index (χ1) is 8.19. The standard InChI is InChI=1S/C10H10FNO5S/c1-18(16,17)5-9(13)12-6-2-3-7(10(14)15)8(11)4-6/h2-4H,5H2,1H3,(H,12,13)(H,14,15). The molecule has 1 amide bonds. The summed E-state index contributed by atoms with van der Waals surface area (Å²) in [4.78, 5) is 21.8. The summed E-state index contributed by atoms with van der Waals surface area (Å²) in [5, 5.41) is 10.7. The normalized spacial score (nSPS) is 11.0. The molecule has 0 atom stereocenters. The molecular weight excluding hydrogens is 265 g/mol. The monoisotopic (exact) mass is 275 g/mol. The Bertz CT molecular complexity index is 596. The predicted molar refractivity (Wildman–Crippen MR) is 61.7 cm³/mol. The third-order valence-corrected chi connectivity index (χ3v) is 2.66. The summed E-state index contributed by atoms with van der Waals surface area (Å²) in [5.41, 5.74) is -0.540. The molecule has 2 N–H and O–H groups in total. The molecule has 0 spiro atoms.